The Morgan fingerprint density at radius 1 is 1.14 bits per heavy atom. The van der Waals surface area contributed by atoms with E-state index in [0.29, 0.717) is 12.6 Å². The van der Waals surface area contributed by atoms with Crippen LogP contribution in [0.1, 0.15) is 32.1 Å². The molecule has 1 aliphatic heterocycles. The smallest absolute Gasteiger partial charge is 0.240 e. The molecule has 1 unspecified atom stereocenters. The van der Waals surface area contributed by atoms with Crippen molar-refractivity contribution in [3.05, 3.63) is 0 Å². The molecular weight excluding hydrogens is 347 g/mol. The molecule has 1 atom stereocenters. The van der Waals surface area contributed by atoms with Crippen molar-refractivity contribution in [1.29, 1.82) is 0 Å². The van der Waals surface area contributed by atoms with Gasteiger partial charge in [-0.25, -0.2) is 0 Å². The van der Waals surface area contributed by atoms with E-state index < -0.39 is 5.54 Å². The summed E-state index contributed by atoms with van der Waals surface area (Å²) in [4.78, 5) is 16.9. The van der Waals surface area contributed by atoms with Crippen LogP contribution < -0.4 is 11.1 Å². The average molecular weight is 378 g/mol. The van der Waals surface area contributed by atoms with Crippen LogP contribution in [-0.2, 0) is 4.79 Å². The van der Waals surface area contributed by atoms with Gasteiger partial charge in [0.1, 0.15) is 0 Å². The van der Waals surface area contributed by atoms with E-state index in [0.717, 1.165) is 45.3 Å². The fraction of sp³-hybridized carbons (Fsp3) is 0.929. The Labute approximate surface area is 153 Å². The second-order valence-electron chi connectivity index (χ2n) is 6.32. The Kier molecular flexibility index (Phi) is 12.1. The molecule has 0 spiro atoms. The summed E-state index contributed by atoms with van der Waals surface area (Å²) in [5, 5.41) is 3.08. The van der Waals surface area contributed by atoms with Gasteiger partial charge in [0.15, 0.2) is 0 Å². The first-order valence-corrected chi connectivity index (χ1v) is 7.47. The number of carbonyl (C=O) groups is 1. The van der Waals surface area contributed by atoms with E-state index in [1.807, 2.05) is 0 Å². The molecule has 3 N–H and O–H groups in total. The molecule has 0 bridgehead atoms. The highest BCUT2D eigenvalue weighted by atomic mass is 35.5. The SMILES string of the molecule is CN1CCN(C)C(CNC(=O)C2(N)CCCCC2)C1.Cl.Cl.Cl. The van der Waals surface area contributed by atoms with Crippen LogP contribution in [-0.4, -0.2) is 67.6 Å². The second-order valence-corrected chi connectivity index (χ2v) is 6.32. The maximum Gasteiger partial charge on any atom is 0.240 e. The molecular formula is C14H31Cl3N4O. The third-order valence-corrected chi connectivity index (χ3v) is 4.68. The normalized spacial score (nSPS) is 25.1. The Morgan fingerprint density at radius 3 is 2.32 bits per heavy atom. The first-order chi connectivity index (χ1) is 9.01. The third-order valence-electron chi connectivity index (χ3n) is 4.68. The van der Waals surface area contributed by atoms with Crippen LogP contribution in [0.3, 0.4) is 0 Å². The number of nitrogens with one attached hydrogen (secondary N) is 1. The minimum atomic E-state index is -0.614. The van der Waals surface area contributed by atoms with E-state index >= 15 is 0 Å². The van der Waals surface area contributed by atoms with Gasteiger partial charge in [-0.05, 0) is 26.9 Å². The summed E-state index contributed by atoms with van der Waals surface area (Å²) in [6.07, 6.45) is 5.03. The Balaban J connectivity index is 0. The third kappa shape index (κ3) is 6.38. The number of rotatable bonds is 3. The maximum absolute atomic E-state index is 12.3. The summed E-state index contributed by atoms with van der Waals surface area (Å²) >= 11 is 0. The van der Waals surface area contributed by atoms with Gasteiger partial charge in [0.05, 0.1) is 5.54 Å². The van der Waals surface area contributed by atoms with E-state index in [4.69, 9.17) is 5.73 Å². The predicted octanol–water partition coefficient (Wildman–Crippen LogP) is 1.28. The van der Waals surface area contributed by atoms with Gasteiger partial charge in [0.2, 0.25) is 5.91 Å². The highest BCUT2D eigenvalue weighted by molar-refractivity contribution is 5.86. The lowest BCUT2D eigenvalue weighted by Crippen LogP contribution is -2.59. The molecule has 8 heteroatoms. The number of likely N-dealkylation sites (N-methyl/N-ethyl adjacent to an activating group) is 2. The van der Waals surface area contributed by atoms with Crippen molar-refractivity contribution in [2.75, 3.05) is 40.3 Å². The second kappa shape index (κ2) is 10.9. The van der Waals surface area contributed by atoms with Gasteiger partial charge < -0.3 is 16.0 Å². The predicted molar refractivity (Wildman–Crippen MR) is 98.7 cm³/mol. The zero-order chi connectivity index (χ0) is 13.9. The number of amides is 1. The summed E-state index contributed by atoms with van der Waals surface area (Å²) in [5.74, 6) is 0.0498. The van der Waals surface area contributed by atoms with Crippen molar-refractivity contribution >= 4 is 43.1 Å². The van der Waals surface area contributed by atoms with Crippen molar-refractivity contribution in [2.45, 2.75) is 43.7 Å². The number of nitrogens with zero attached hydrogens (tertiary/aromatic N) is 2. The van der Waals surface area contributed by atoms with Gasteiger partial charge >= 0.3 is 0 Å². The zero-order valence-corrected chi connectivity index (χ0v) is 16.0. The molecule has 0 aromatic heterocycles. The van der Waals surface area contributed by atoms with Crippen molar-refractivity contribution in [1.82, 2.24) is 15.1 Å². The van der Waals surface area contributed by atoms with Crippen LogP contribution in [0.2, 0.25) is 0 Å². The molecule has 134 valence electrons. The summed E-state index contributed by atoms with van der Waals surface area (Å²) in [7, 11) is 4.26. The molecule has 0 aromatic carbocycles. The lowest BCUT2D eigenvalue weighted by molar-refractivity contribution is -0.127. The Bertz CT molecular complexity index is 327. The Hall–Kier alpha value is 0.220. The number of carbonyl (C=O) groups excluding carboxylic acids is 1. The van der Waals surface area contributed by atoms with Crippen molar-refractivity contribution < 1.29 is 4.79 Å². The van der Waals surface area contributed by atoms with Gasteiger partial charge in [0, 0.05) is 32.2 Å². The van der Waals surface area contributed by atoms with Crippen LogP contribution >= 0.6 is 37.2 Å². The van der Waals surface area contributed by atoms with Crippen LogP contribution in [0.25, 0.3) is 0 Å². The summed E-state index contributed by atoms with van der Waals surface area (Å²) in [6, 6.07) is 0.398. The fourth-order valence-corrected chi connectivity index (χ4v) is 3.12. The molecule has 1 aliphatic carbocycles. The van der Waals surface area contributed by atoms with Crippen molar-refractivity contribution in [3.63, 3.8) is 0 Å². The standard InChI is InChI=1S/C14H28N4O.3ClH/c1-17-8-9-18(2)12(11-17)10-16-13(19)14(15)6-4-3-5-7-14;;;/h12H,3-11,15H2,1-2H3,(H,16,19);3*1H. The minimum Gasteiger partial charge on any atom is -0.353 e. The van der Waals surface area contributed by atoms with Crippen LogP contribution in [0.15, 0.2) is 0 Å². The minimum absolute atomic E-state index is 0. The lowest BCUT2D eigenvalue weighted by atomic mass is 9.82. The highest BCUT2D eigenvalue weighted by Gasteiger charge is 2.35. The molecule has 1 saturated heterocycles. The van der Waals surface area contributed by atoms with Crippen LogP contribution in [0, 0.1) is 0 Å². The van der Waals surface area contributed by atoms with Crippen LogP contribution in [0.5, 0.6) is 0 Å². The van der Waals surface area contributed by atoms with Gasteiger partial charge in [-0.3, -0.25) is 9.69 Å². The average Bonchev–Trinajstić information content (AvgIpc) is 2.40. The molecule has 1 amide bonds. The first kappa shape index (κ1) is 24.5. The lowest BCUT2D eigenvalue weighted by Gasteiger charge is -2.39. The van der Waals surface area contributed by atoms with Gasteiger partial charge in [-0.2, -0.15) is 0 Å². The van der Waals surface area contributed by atoms with Crippen LogP contribution in [0.4, 0.5) is 0 Å². The number of hydrogen-bond donors (Lipinski definition) is 2. The number of hydrogen-bond acceptors (Lipinski definition) is 4. The molecule has 2 rings (SSSR count). The largest absolute Gasteiger partial charge is 0.353 e. The summed E-state index contributed by atoms with van der Waals surface area (Å²) in [5.41, 5.74) is 5.63. The quantitative estimate of drug-likeness (QED) is 0.777. The number of halogens is 3. The molecule has 5 nitrogen and oxygen atoms in total. The molecule has 0 radical (unpaired) electrons. The number of piperazine rings is 1. The molecule has 2 fully saturated rings. The molecule has 1 saturated carbocycles. The Morgan fingerprint density at radius 2 is 1.73 bits per heavy atom. The van der Waals surface area contributed by atoms with E-state index in [1.54, 1.807) is 0 Å². The maximum atomic E-state index is 12.3. The zero-order valence-electron chi connectivity index (χ0n) is 13.5. The summed E-state index contributed by atoms with van der Waals surface area (Å²) in [6.45, 7) is 3.87. The van der Waals surface area contributed by atoms with Gasteiger partial charge in [-0.1, -0.05) is 19.3 Å². The van der Waals surface area contributed by atoms with Gasteiger partial charge in [-0.15, -0.1) is 37.2 Å². The van der Waals surface area contributed by atoms with E-state index in [-0.39, 0.29) is 43.1 Å². The monoisotopic (exact) mass is 376 g/mol. The van der Waals surface area contributed by atoms with Crippen molar-refractivity contribution in [2.24, 2.45) is 5.73 Å². The summed E-state index contributed by atoms with van der Waals surface area (Å²) < 4.78 is 0. The topological polar surface area (TPSA) is 61.6 Å². The first-order valence-electron chi connectivity index (χ1n) is 7.47. The highest BCUT2D eigenvalue weighted by Crippen LogP contribution is 2.25. The van der Waals surface area contributed by atoms with E-state index in [9.17, 15) is 4.79 Å². The molecule has 0 aromatic rings. The van der Waals surface area contributed by atoms with E-state index in [2.05, 4.69) is 29.2 Å². The van der Waals surface area contributed by atoms with Gasteiger partial charge in [0.25, 0.3) is 0 Å². The fourth-order valence-electron chi connectivity index (χ4n) is 3.12. The molecule has 22 heavy (non-hydrogen) atoms. The van der Waals surface area contributed by atoms with Crippen molar-refractivity contribution in [3.8, 4) is 0 Å². The molecule has 1 heterocycles. The molecule has 2 aliphatic rings. The van der Waals surface area contributed by atoms with E-state index in [1.165, 1.54) is 6.42 Å². The number of nitrogens with two attached hydrogens (primary N) is 1.